The van der Waals surface area contributed by atoms with Gasteiger partial charge in [-0.25, -0.2) is 4.79 Å². The minimum absolute atomic E-state index is 0.229. The van der Waals surface area contributed by atoms with Crippen molar-refractivity contribution in [3.05, 3.63) is 36.0 Å². The van der Waals surface area contributed by atoms with Crippen molar-refractivity contribution in [2.24, 2.45) is 0 Å². The summed E-state index contributed by atoms with van der Waals surface area (Å²) in [7, 11) is 1.59. The molecule has 2 rings (SSSR count). The summed E-state index contributed by atoms with van der Waals surface area (Å²) < 4.78 is 5.11. The topological polar surface area (TPSA) is 104 Å². The molecule has 1 aromatic carbocycles. The quantitative estimate of drug-likeness (QED) is 0.606. The summed E-state index contributed by atoms with van der Waals surface area (Å²) >= 11 is 0. The van der Waals surface area contributed by atoms with Gasteiger partial charge in [-0.2, -0.15) is 5.10 Å². The summed E-state index contributed by atoms with van der Waals surface area (Å²) in [5.41, 5.74) is 1.66. The second-order valence-corrected chi connectivity index (χ2v) is 5.76. The summed E-state index contributed by atoms with van der Waals surface area (Å²) in [5.74, 6) is -0.774. The van der Waals surface area contributed by atoms with Gasteiger partial charge in [0, 0.05) is 5.56 Å². The first-order valence-electron chi connectivity index (χ1n) is 8.28. The van der Waals surface area contributed by atoms with Gasteiger partial charge in [0.15, 0.2) is 0 Å². The molecular formula is C18H23N3O4. The number of H-pyrrole nitrogens is 1. The highest BCUT2D eigenvalue weighted by Gasteiger charge is 2.21. The lowest BCUT2D eigenvalue weighted by Gasteiger charge is -2.13. The van der Waals surface area contributed by atoms with Crippen LogP contribution in [0.3, 0.4) is 0 Å². The summed E-state index contributed by atoms with van der Waals surface area (Å²) in [6, 6.07) is 7.98. The van der Waals surface area contributed by atoms with Crippen LogP contribution in [0, 0.1) is 0 Å². The number of ether oxygens (including phenoxy) is 1. The van der Waals surface area contributed by atoms with E-state index in [0.29, 0.717) is 12.1 Å². The summed E-state index contributed by atoms with van der Waals surface area (Å²) in [6.07, 6.45) is 3.10. The third-order valence-electron chi connectivity index (χ3n) is 3.91. The number of unbranched alkanes of at least 4 members (excludes halogenated alkanes) is 2. The number of carboxylic acid groups (broad SMARTS) is 1. The lowest BCUT2D eigenvalue weighted by atomic mass is 10.1. The van der Waals surface area contributed by atoms with E-state index in [1.165, 1.54) is 0 Å². The number of amides is 1. The number of hydrogen-bond donors (Lipinski definition) is 3. The lowest BCUT2D eigenvalue weighted by Crippen LogP contribution is -2.40. The molecule has 7 nitrogen and oxygen atoms in total. The van der Waals surface area contributed by atoms with Crippen molar-refractivity contribution in [1.82, 2.24) is 15.5 Å². The zero-order valence-corrected chi connectivity index (χ0v) is 14.4. The number of aromatic nitrogens is 2. The van der Waals surface area contributed by atoms with Crippen molar-refractivity contribution < 1.29 is 19.4 Å². The summed E-state index contributed by atoms with van der Waals surface area (Å²) in [6.45, 7) is 2.04. The maximum absolute atomic E-state index is 12.3. The number of carbonyl (C=O) groups excluding carboxylic acids is 1. The molecule has 0 fully saturated rings. The predicted molar refractivity (Wildman–Crippen MR) is 93.6 cm³/mol. The first-order valence-corrected chi connectivity index (χ1v) is 8.28. The minimum atomic E-state index is -1.03. The number of hydrogen-bond acceptors (Lipinski definition) is 4. The van der Waals surface area contributed by atoms with Gasteiger partial charge in [0.05, 0.1) is 12.8 Å². The van der Waals surface area contributed by atoms with Gasteiger partial charge in [-0.3, -0.25) is 9.89 Å². The Labute approximate surface area is 146 Å². The molecule has 7 heteroatoms. The fraction of sp³-hybridized carbons (Fsp3) is 0.389. The average Bonchev–Trinajstić information content (AvgIpc) is 3.11. The van der Waals surface area contributed by atoms with Gasteiger partial charge >= 0.3 is 5.97 Å². The molecule has 25 heavy (non-hydrogen) atoms. The van der Waals surface area contributed by atoms with E-state index >= 15 is 0 Å². The zero-order chi connectivity index (χ0) is 18.2. The molecule has 0 saturated heterocycles. The molecule has 0 saturated carbocycles. The van der Waals surface area contributed by atoms with Crippen molar-refractivity contribution >= 4 is 11.9 Å². The second-order valence-electron chi connectivity index (χ2n) is 5.76. The Balaban J connectivity index is 2.04. The largest absolute Gasteiger partial charge is 0.497 e. The third kappa shape index (κ3) is 5.07. The number of carboxylic acids is 1. The number of rotatable bonds is 9. The molecule has 0 radical (unpaired) electrons. The molecule has 0 aliphatic carbocycles. The Bertz CT molecular complexity index is 709. The first kappa shape index (κ1) is 18.5. The zero-order valence-electron chi connectivity index (χ0n) is 14.4. The minimum Gasteiger partial charge on any atom is -0.497 e. The van der Waals surface area contributed by atoms with Gasteiger partial charge in [-0.15, -0.1) is 0 Å². The Morgan fingerprint density at radius 2 is 2.00 bits per heavy atom. The van der Waals surface area contributed by atoms with Gasteiger partial charge in [0.2, 0.25) is 0 Å². The number of nitrogens with one attached hydrogen (secondary N) is 2. The van der Waals surface area contributed by atoms with Crippen molar-refractivity contribution in [3.8, 4) is 17.0 Å². The SMILES string of the molecule is CCCCCC(NC(=O)c1cc(-c2ccc(OC)cc2)n[nH]1)C(=O)O. The average molecular weight is 345 g/mol. The van der Waals surface area contributed by atoms with E-state index in [4.69, 9.17) is 4.74 Å². The maximum Gasteiger partial charge on any atom is 0.326 e. The van der Waals surface area contributed by atoms with Gasteiger partial charge in [0.1, 0.15) is 17.5 Å². The van der Waals surface area contributed by atoms with Crippen molar-refractivity contribution in [2.45, 2.75) is 38.6 Å². The van der Waals surface area contributed by atoms with E-state index in [1.807, 2.05) is 19.1 Å². The third-order valence-corrected chi connectivity index (χ3v) is 3.91. The molecule has 1 atom stereocenters. The molecule has 1 unspecified atom stereocenters. The van der Waals surface area contributed by atoms with E-state index in [-0.39, 0.29) is 5.69 Å². The number of nitrogens with zero attached hydrogens (tertiary/aromatic N) is 1. The van der Waals surface area contributed by atoms with Crippen molar-refractivity contribution in [3.63, 3.8) is 0 Å². The molecule has 2 aromatic rings. The van der Waals surface area contributed by atoms with Gasteiger partial charge in [-0.1, -0.05) is 26.2 Å². The van der Waals surface area contributed by atoms with Crippen LogP contribution in [0.4, 0.5) is 0 Å². The number of benzene rings is 1. The van der Waals surface area contributed by atoms with Crippen LogP contribution in [0.5, 0.6) is 5.75 Å². The molecule has 0 aliphatic heterocycles. The van der Waals surface area contributed by atoms with Crippen LogP contribution in [0.15, 0.2) is 30.3 Å². The highest BCUT2D eigenvalue weighted by molar-refractivity contribution is 5.95. The molecular weight excluding hydrogens is 322 g/mol. The number of aliphatic carboxylic acids is 1. The Hall–Kier alpha value is -2.83. The smallest absolute Gasteiger partial charge is 0.326 e. The maximum atomic E-state index is 12.3. The number of methoxy groups -OCH3 is 1. The molecule has 1 aromatic heterocycles. The van der Waals surface area contributed by atoms with Gasteiger partial charge < -0.3 is 15.2 Å². The lowest BCUT2D eigenvalue weighted by molar-refractivity contribution is -0.139. The Morgan fingerprint density at radius 1 is 1.28 bits per heavy atom. The summed E-state index contributed by atoms with van der Waals surface area (Å²) in [5, 5.41) is 18.6. The normalized spacial score (nSPS) is 11.8. The van der Waals surface area contributed by atoms with Crippen LogP contribution >= 0.6 is 0 Å². The highest BCUT2D eigenvalue weighted by Crippen LogP contribution is 2.21. The van der Waals surface area contributed by atoms with E-state index < -0.39 is 17.9 Å². The molecule has 134 valence electrons. The van der Waals surface area contributed by atoms with Gasteiger partial charge in [-0.05, 0) is 36.8 Å². The van der Waals surface area contributed by atoms with Crippen molar-refractivity contribution in [2.75, 3.05) is 7.11 Å². The van der Waals surface area contributed by atoms with E-state index in [0.717, 1.165) is 30.6 Å². The second kappa shape index (κ2) is 8.86. The number of aromatic amines is 1. The van der Waals surface area contributed by atoms with Crippen LogP contribution in [0.25, 0.3) is 11.3 Å². The van der Waals surface area contributed by atoms with Crippen LogP contribution < -0.4 is 10.1 Å². The first-order chi connectivity index (χ1) is 12.0. The Morgan fingerprint density at radius 3 is 2.60 bits per heavy atom. The van der Waals surface area contributed by atoms with Crippen LogP contribution in [0.1, 0.15) is 43.1 Å². The molecule has 1 heterocycles. The van der Waals surface area contributed by atoms with E-state index in [1.54, 1.807) is 25.3 Å². The van der Waals surface area contributed by atoms with Crippen molar-refractivity contribution in [1.29, 1.82) is 0 Å². The molecule has 0 aliphatic rings. The molecule has 0 bridgehead atoms. The highest BCUT2D eigenvalue weighted by atomic mass is 16.5. The fourth-order valence-corrected chi connectivity index (χ4v) is 2.44. The standard InChI is InChI=1S/C18H23N3O4/c1-3-4-5-6-14(18(23)24)19-17(22)16-11-15(20-21-16)12-7-9-13(25-2)10-8-12/h7-11,14H,3-6H2,1-2H3,(H,19,22)(H,20,21)(H,23,24). The van der Waals surface area contributed by atoms with Crippen LogP contribution in [-0.4, -0.2) is 40.3 Å². The Kier molecular flexibility index (Phi) is 6.56. The summed E-state index contributed by atoms with van der Waals surface area (Å²) in [4.78, 5) is 23.6. The van der Waals surface area contributed by atoms with Crippen LogP contribution in [0.2, 0.25) is 0 Å². The van der Waals surface area contributed by atoms with E-state index in [2.05, 4.69) is 15.5 Å². The molecule has 1 amide bonds. The van der Waals surface area contributed by atoms with E-state index in [9.17, 15) is 14.7 Å². The monoisotopic (exact) mass is 345 g/mol. The van der Waals surface area contributed by atoms with Gasteiger partial charge in [0.25, 0.3) is 5.91 Å². The molecule has 3 N–H and O–H groups in total. The predicted octanol–water partition coefficient (Wildman–Crippen LogP) is 2.85. The van der Waals surface area contributed by atoms with Crippen LogP contribution in [-0.2, 0) is 4.79 Å². The fourth-order valence-electron chi connectivity index (χ4n) is 2.44. The number of carbonyl (C=O) groups is 2. The molecule has 0 spiro atoms.